The van der Waals surface area contributed by atoms with Crippen LogP contribution in [-0.2, 0) is 24.2 Å². The number of nitrogens with one attached hydrogen (secondary N) is 1. The first-order chi connectivity index (χ1) is 17.5. The molecule has 4 aliphatic carbocycles. The quantitative estimate of drug-likeness (QED) is 0.425. The number of nitrogens with zero attached hydrogens (tertiary/aromatic N) is 2. The molecule has 1 amide bonds. The molecule has 0 radical (unpaired) electrons. The molecule has 7 rings (SSSR count). The Morgan fingerprint density at radius 1 is 0.917 bits per heavy atom. The molecule has 0 aliphatic heterocycles. The molecule has 4 saturated carbocycles. The van der Waals surface area contributed by atoms with Crippen molar-refractivity contribution in [1.82, 2.24) is 9.97 Å². The van der Waals surface area contributed by atoms with Gasteiger partial charge >= 0.3 is 0 Å². The SMILES string of the molecule is O=C(Cc1ccc(O)cc1)Nc1ncc(-c2ccc(CO)cc2)nc1CC12CC3CC(CC(C3)C1)C2. The van der Waals surface area contributed by atoms with Crippen LogP contribution >= 0.6 is 0 Å². The van der Waals surface area contributed by atoms with Crippen LogP contribution in [0.3, 0.4) is 0 Å². The number of aromatic nitrogens is 2. The summed E-state index contributed by atoms with van der Waals surface area (Å²) >= 11 is 0. The normalized spacial score (nSPS) is 26.2. The summed E-state index contributed by atoms with van der Waals surface area (Å²) < 4.78 is 0. The van der Waals surface area contributed by atoms with Gasteiger partial charge in [0, 0.05) is 5.56 Å². The van der Waals surface area contributed by atoms with Gasteiger partial charge in [0.1, 0.15) is 5.75 Å². The molecule has 6 heteroatoms. The second kappa shape index (κ2) is 9.32. The van der Waals surface area contributed by atoms with Gasteiger partial charge in [0.25, 0.3) is 0 Å². The number of phenolic OH excluding ortho intramolecular Hbond substituents is 1. The number of phenols is 1. The van der Waals surface area contributed by atoms with Gasteiger partial charge in [0.05, 0.1) is 30.6 Å². The molecule has 0 spiro atoms. The number of hydrogen-bond donors (Lipinski definition) is 3. The Kier molecular flexibility index (Phi) is 6.00. The van der Waals surface area contributed by atoms with Gasteiger partial charge in [-0.15, -0.1) is 0 Å². The second-order valence-corrected chi connectivity index (χ2v) is 11.4. The van der Waals surface area contributed by atoms with E-state index in [-0.39, 0.29) is 30.1 Å². The first-order valence-corrected chi connectivity index (χ1v) is 13.1. The second-order valence-electron chi connectivity index (χ2n) is 11.4. The Morgan fingerprint density at radius 3 is 2.14 bits per heavy atom. The fourth-order valence-corrected chi connectivity index (χ4v) is 7.41. The van der Waals surface area contributed by atoms with E-state index in [4.69, 9.17) is 9.97 Å². The summed E-state index contributed by atoms with van der Waals surface area (Å²) in [5.74, 6) is 3.13. The number of benzene rings is 2. The summed E-state index contributed by atoms with van der Waals surface area (Å²) in [7, 11) is 0. The molecule has 0 atom stereocenters. The third-order valence-electron chi connectivity index (χ3n) is 8.54. The lowest BCUT2D eigenvalue weighted by Gasteiger charge is -2.57. The van der Waals surface area contributed by atoms with E-state index in [1.807, 2.05) is 24.3 Å². The van der Waals surface area contributed by atoms with Crippen molar-refractivity contribution in [2.75, 3.05) is 5.32 Å². The molecule has 6 nitrogen and oxygen atoms in total. The summed E-state index contributed by atoms with van der Waals surface area (Å²) in [6, 6.07) is 14.5. The summed E-state index contributed by atoms with van der Waals surface area (Å²) in [5.41, 5.74) is 4.57. The molecule has 1 heterocycles. The molecule has 36 heavy (non-hydrogen) atoms. The van der Waals surface area contributed by atoms with Crippen LogP contribution in [0, 0.1) is 23.2 Å². The van der Waals surface area contributed by atoms with Crippen LogP contribution in [0.15, 0.2) is 54.7 Å². The van der Waals surface area contributed by atoms with Crippen molar-refractivity contribution < 1.29 is 15.0 Å². The number of aliphatic hydroxyl groups is 1. The Morgan fingerprint density at radius 2 is 1.53 bits per heavy atom. The van der Waals surface area contributed by atoms with Crippen LogP contribution in [0.5, 0.6) is 5.75 Å². The number of carbonyl (C=O) groups excluding carboxylic acids is 1. The summed E-state index contributed by atoms with van der Waals surface area (Å²) in [5, 5.41) is 22.0. The third kappa shape index (κ3) is 4.74. The molecule has 3 N–H and O–H groups in total. The lowest BCUT2D eigenvalue weighted by molar-refractivity contribution is -0.115. The lowest BCUT2D eigenvalue weighted by atomic mass is 9.48. The minimum absolute atomic E-state index is 0.00916. The van der Waals surface area contributed by atoms with E-state index < -0.39 is 0 Å². The van der Waals surface area contributed by atoms with Crippen molar-refractivity contribution in [2.45, 2.75) is 58.0 Å². The third-order valence-corrected chi connectivity index (χ3v) is 8.54. The highest BCUT2D eigenvalue weighted by molar-refractivity contribution is 5.92. The van der Waals surface area contributed by atoms with Crippen molar-refractivity contribution in [2.24, 2.45) is 23.2 Å². The molecule has 4 fully saturated rings. The molecule has 4 aliphatic rings. The average Bonchev–Trinajstić information content (AvgIpc) is 2.85. The van der Waals surface area contributed by atoms with Gasteiger partial charge in [-0.3, -0.25) is 4.79 Å². The molecular weight excluding hydrogens is 450 g/mol. The number of anilines is 1. The maximum Gasteiger partial charge on any atom is 0.229 e. The van der Waals surface area contributed by atoms with Crippen LogP contribution in [0.25, 0.3) is 11.3 Å². The fourth-order valence-electron chi connectivity index (χ4n) is 7.41. The minimum atomic E-state index is -0.137. The van der Waals surface area contributed by atoms with E-state index in [2.05, 4.69) is 5.32 Å². The van der Waals surface area contributed by atoms with Gasteiger partial charge in [-0.2, -0.15) is 0 Å². The molecular formula is C30H33N3O3. The van der Waals surface area contributed by atoms with Gasteiger partial charge in [-0.05, 0) is 91.4 Å². The van der Waals surface area contributed by atoms with Crippen LogP contribution in [0.2, 0.25) is 0 Å². The Hall–Kier alpha value is -3.25. The number of carbonyl (C=O) groups is 1. The minimum Gasteiger partial charge on any atom is -0.508 e. The van der Waals surface area contributed by atoms with E-state index in [1.54, 1.807) is 30.5 Å². The smallest absolute Gasteiger partial charge is 0.229 e. The van der Waals surface area contributed by atoms with Crippen LogP contribution < -0.4 is 5.32 Å². The van der Waals surface area contributed by atoms with Crippen molar-refractivity contribution in [3.63, 3.8) is 0 Å². The largest absolute Gasteiger partial charge is 0.508 e. The van der Waals surface area contributed by atoms with E-state index in [0.717, 1.165) is 52.3 Å². The maximum absolute atomic E-state index is 12.9. The standard InChI is InChI=1S/C30H33N3O3/c34-18-20-1-5-24(6-2-20)27-17-31-29(33-28(36)12-19-3-7-25(35)8-4-19)26(32-27)16-30-13-21-9-22(14-30)11-23(10-21)15-30/h1-8,17,21-23,34-35H,9-16,18H2,(H,31,33,36). The van der Waals surface area contributed by atoms with Crippen molar-refractivity contribution in [3.05, 3.63) is 71.5 Å². The number of hydrogen-bond acceptors (Lipinski definition) is 5. The van der Waals surface area contributed by atoms with E-state index in [1.165, 1.54) is 38.5 Å². The molecule has 1 aromatic heterocycles. The highest BCUT2D eigenvalue weighted by Gasteiger charge is 2.51. The molecule has 0 saturated heterocycles. The molecule has 186 valence electrons. The maximum atomic E-state index is 12.9. The predicted molar refractivity (Wildman–Crippen MR) is 138 cm³/mol. The van der Waals surface area contributed by atoms with Gasteiger partial charge < -0.3 is 15.5 Å². The molecule has 3 aromatic rings. The first kappa shape index (κ1) is 23.2. The highest BCUT2D eigenvalue weighted by atomic mass is 16.3. The van der Waals surface area contributed by atoms with E-state index in [0.29, 0.717) is 5.82 Å². The van der Waals surface area contributed by atoms with Crippen LogP contribution in [0.1, 0.15) is 55.3 Å². The van der Waals surface area contributed by atoms with Gasteiger partial charge in [0.2, 0.25) is 5.91 Å². The number of aromatic hydroxyl groups is 1. The van der Waals surface area contributed by atoms with Crippen molar-refractivity contribution >= 4 is 11.7 Å². The van der Waals surface area contributed by atoms with Gasteiger partial charge in [-0.1, -0.05) is 36.4 Å². The molecule has 2 aromatic carbocycles. The zero-order valence-electron chi connectivity index (χ0n) is 20.5. The zero-order chi connectivity index (χ0) is 24.7. The summed E-state index contributed by atoms with van der Waals surface area (Å²) in [6.07, 6.45) is 10.7. The summed E-state index contributed by atoms with van der Waals surface area (Å²) in [6.45, 7) is 0.00916. The first-order valence-electron chi connectivity index (χ1n) is 13.1. The lowest BCUT2D eigenvalue weighted by Crippen LogP contribution is -2.47. The van der Waals surface area contributed by atoms with E-state index >= 15 is 0 Å². The van der Waals surface area contributed by atoms with Gasteiger partial charge in [0.15, 0.2) is 5.82 Å². The van der Waals surface area contributed by atoms with Gasteiger partial charge in [-0.25, -0.2) is 9.97 Å². The monoisotopic (exact) mass is 483 g/mol. The average molecular weight is 484 g/mol. The number of rotatable bonds is 7. The number of aliphatic hydroxyl groups excluding tert-OH is 1. The van der Waals surface area contributed by atoms with Crippen molar-refractivity contribution in [3.8, 4) is 17.0 Å². The van der Waals surface area contributed by atoms with Crippen LogP contribution in [-0.4, -0.2) is 26.1 Å². The fraction of sp³-hybridized carbons (Fsp3) is 0.433. The Labute approximate surface area is 211 Å². The van der Waals surface area contributed by atoms with Crippen LogP contribution in [0.4, 0.5) is 5.82 Å². The zero-order valence-corrected chi connectivity index (χ0v) is 20.5. The van der Waals surface area contributed by atoms with E-state index in [9.17, 15) is 15.0 Å². The van der Waals surface area contributed by atoms with Crippen molar-refractivity contribution in [1.29, 1.82) is 0 Å². The number of amides is 1. The molecule has 4 bridgehead atoms. The predicted octanol–water partition coefficient (Wildman–Crippen LogP) is 5.28. The molecule has 0 unspecified atom stereocenters. The Balaban J connectivity index is 1.29. The topological polar surface area (TPSA) is 95.3 Å². The highest BCUT2D eigenvalue weighted by Crippen LogP contribution is 2.61. The Bertz CT molecular complexity index is 1220. The summed E-state index contributed by atoms with van der Waals surface area (Å²) in [4.78, 5) is 22.7.